The van der Waals surface area contributed by atoms with Crippen LogP contribution in [0.15, 0.2) is 41.1 Å². The van der Waals surface area contributed by atoms with Gasteiger partial charge in [-0.15, -0.1) is 0 Å². The van der Waals surface area contributed by atoms with E-state index in [-0.39, 0.29) is 11.6 Å². The minimum atomic E-state index is -0.444. The van der Waals surface area contributed by atoms with Gasteiger partial charge in [0.05, 0.1) is 11.2 Å². The number of pyridine rings is 1. The van der Waals surface area contributed by atoms with E-state index in [2.05, 4.69) is 20.9 Å². The molecule has 1 aromatic heterocycles. The summed E-state index contributed by atoms with van der Waals surface area (Å²) >= 11 is 8.88. The van der Waals surface area contributed by atoms with Gasteiger partial charge in [-0.25, -0.2) is 4.39 Å². The first kappa shape index (κ1) is 12.3. The predicted octanol–water partition coefficient (Wildman–Crippen LogP) is 4.22. The standard InChI is InChI=1S/C12H8BrClFNO/c13-9-4-10(6-16-5-9)17-7-8-1-2-11(14)12(15)3-8/h1-6H,7H2. The van der Waals surface area contributed by atoms with Crippen molar-refractivity contribution in [2.45, 2.75) is 6.61 Å². The molecule has 0 aliphatic carbocycles. The Hall–Kier alpha value is -1.13. The van der Waals surface area contributed by atoms with E-state index in [0.29, 0.717) is 11.3 Å². The molecule has 0 aliphatic heterocycles. The van der Waals surface area contributed by atoms with Crippen molar-refractivity contribution >= 4 is 27.5 Å². The van der Waals surface area contributed by atoms with Crippen molar-refractivity contribution in [3.63, 3.8) is 0 Å². The molecule has 0 amide bonds. The Labute approximate surface area is 112 Å². The molecule has 0 spiro atoms. The first-order valence-corrected chi connectivity index (χ1v) is 5.99. The second kappa shape index (κ2) is 5.47. The Morgan fingerprint density at radius 3 is 2.82 bits per heavy atom. The van der Waals surface area contributed by atoms with Crippen molar-refractivity contribution in [1.82, 2.24) is 4.98 Å². The quantitative estimate of drug-likeness (QED) is 0.846. The van der Waals surface area contributed by atoms with Crippen molar-refractivity contribution in [1.29, 1.82) is 0 Å². The van der Waals surface area contributed by atoms with Crippen LogP contribution in [-0.4, -0.2) is 4.98 Å². The van der Waals surface area contributed by atoms with Crippen molar-refractivity contribution < 1.29 is 9.13 Å². The summed E-state index contributed by atoms with van der Waals surface area (Å²) in [5, 5.41) is 0.109. The minimum Gasteiger partial charge on any atom is -0.487 e. The third-order valence-electron chi connectivity index (χ3n) is 2.07. The van der Waals surface area contributed by atoms with Crippen molar-refractivity contribution in [3.8, 4) is 5.75 Å². The number of ether oxygens (including phenoxy) is 1. The zero-order chi connectivity index (χ0) is 12.3. The fourth-order valence-corrected chi connectivity index (χ4v) is 1.73. The maximum Gasteiger partial charge on any atom is 0.142 e. The predicted molar refractivity (Wildman–Crippen MR) is 67.7 cm³/mol. The van der Waals surface area contributed by atoms with Gasteiger partial charge >= 0.3 is 0 Å². The highest BCUT2D eigenvalue weighted by Gasteiger charge is 2.02. The van der Waals surface area contributed by atoms with Crippen molar-refractivity contribution in [3.05, 3.63) is 57.5 Å². The van der Waals surface area contributed by atoms with Crippen molar-refractivity contribution in [2.75, 3.05) is 0 Å². The molecule has 0 radical (unpaired) electrons. The van der Waals surface area contributed by atoms with E-state index in [1.807, 2.05) is 0 Å². The molecule has 0 fully saturated rings. The Bertz CT molecular complexity index is 536. The van der Waals surface area contributed by atoms with E-state index >= 15 is 0 Å². The van der Waals surface area contributed by atoms with E-state index in [1.165, 1.54) is 12.1 Å². The molecule has 0 atom stereocenters. The zero-order valence-corrected chi connectivity index (χ0v) is 11.0. The Morgan fingerprint density at radius 1 is 1.29 bits per heavy atom. The summed E-state index contributed by atoms with van der Waals surface area (Å²) in [7, 11) is 0. The molecular formula is C12H8BrClFNO. The largest absolute Gasteiger partial charge is 0.487 e. The van der Waals surface area contributed by atoms with Gasteiger partial charge in [-0.2, -0.15) is 0 Å². The van der Waals surface area contributed by atoms with Gasteiger partial charge in [0, 0.05) is 10.7 Å². The molecule has 0 bridgehead atoms. The zero-order valence-electron chi connectivity index (χ0n) is 8.66. The van der Waals surface area contributed by atoms with Crippen LogP contribution in [0.3, 0.4) is 0 Å². The van der Waals surface area contributed by atoms with Crippen LogP contribution >= 0.6 is 27.5 Å². The summed E-state index contributed by atoms with van der Waals surface area (Å²) in [5.74, 6) is 0.176. The molecule has 88 valence electrons. The molecule has 0 N–H and O–H groups in total. The summed E-state index contributed by atoms with van der Waals surface area (Å²) in [6.45, 7) is 0.270. The maximum absolute atomic E-state index is 13.2. The smallest absolute Gasteiger partial charge is 0.142 e. The summed E-state index contributed by atoms with van der Waals surface area (Å²) in [6.07, 6.45) is 3.26. The maximum atomic E-state index is 13.2. The molecular weight excluding hydrogens is 308 g/mol. The topological polar surface area (TPSA) is 22.1 Å². The average Bonchev–Trinajstić information content (AvgIpc) is 2.31. The first-order valence-electron chi connectivity index (χ1n) is 4.82. The lowest BCUT2D eigenvalue weighted by Gasteiger charge is -2.06. The summed E-state index contributed by atoms with van der Waals surface area (Å²) in [4.78, 5) is 3.96. The highest BCUT2D eigenvalue weighted by molar-refractivity contribution is 9.10. The summed E-state index contributed by atoms with van der Waals surface area (Å²) in [6, 6.07) is 6.37. The van der Waals surface area contributed by atoms with Gasteiger partial charge in [-0.3, -0.25) is 4.98 Å². The lowest BCUT2D eigenvalue weighted by atomic mass is 10.2. The Kier molecular flexibility index (Phi) is 3.97. The fourth-order valence-electron chi connectivity index (χ4n) is 1.27. The first-order chi connectivity index (χ1) is 8.15. The lowest BCUT2D eigenvalue weighted by Crippen LogP contribution is -1.96. The van der Waals surface area contributed by atoms with Crippen LogP contribution < -0.4 is 4.74 Å². The second-order valence-corrected chi connectivity index (χ2v) is 4.70. The number of hydrogen-bond donors (Lipinski definition) is 0. The van der Waals surface area contributed by atoms with E-state index in [1.54, 1.807) is 24.5 Å². The monoisotopic (exact) mass is 315 g/mol. The van der Waals surface area contributed by atoms with E-state index in [0.717, 1.165) is 4.47 Å². The van der Waals surface area contributed by atoms with Crippen LogP contribution in [-0.2, 0) is 6.61 Å². The van der Waals surface area contributed by atoms with Crippen LogP contribution in [0, 0.1) is 5.82 Å². The van der Waals surface area contributed by atoms with Crippen LogP contribution in [0.5, 0.6) is 5.75 Å². The molecule has 5 heteroatoms. The van der Waals surface area contributed by atoms with Crippen LogP contribution in [0.4, 0.5) is 4.39 Å². The molecule has 2 nitrogen and oxygen atoms in total. The van der Waals surface area contributed by atoms with Crippen LogP contribution in [0.1, 0.15) is 5.56 Å². The van der Waals surface area contributed by atoms with Gasteiger partial charge < -0.3 is 4.74 Å². The highest BCUT2D eigenvalue weighted by Crippen LogP contribution is 2.19. The molecule has 2 rings (SSSR count). The normalized spacial score (nSPS) is 10.3. The Balaban J connectivity index is 2.05. The number of aromatic nitrogens is 1. The van der Waals surface area contributed by atoms with E-state index in [4.69, 9.17) is 16.3 Å². The Morgan fingerprint density at radius 2 is 2.12 bits per heavy atom. The third-order valence-corrected chi connectivity index (χ3v) is 2.81. The molecule has 0 saturated carbocycles. The third kappa shape index (κ3) is 3.41. The number of benzene rings is 1. The number of rotatable bonds is 3. The van der Waals surface area contributed by atoms with Gasteiger partial charge in [-0.05, 0) is 39.7 Å². The second-order valence-electron chi connectivity index (χ2n) is 3.38. The van der Waals surface area contributed by atoms with Gasteiger partial charge in [0.25, 0.3) is 0 Å². The van der Waals surface area contributed by atoms with Gasteiger partial charge in [0.2, 0.25) is 0 Å². The number of halogens is 3. The van der Waals surface area contributed by atoms with Crippen LogP contribution in [0.2, 0.25) is 5.02 Å². The van der Waals surface area contributed by atoms with Gasteiger partial charge in [0.1, 0.15) is 18.2 Å². The van der Waals surface area contributed by atoms with E-state index in [9.17, 15) is 4.39 Å². The number of nitrogens with zero attached hydrogens (tertiary/aromatic N) is 1. The molecule has 2 aromatic rings. The average molecular weight is 317 g/mol. The van der Waals surface area contributed by atoms with Gasteiger partial charge in [0.15, 0.2) is 0 Å². The van der Waals surface area contributed by atoms with Gasteiger partial charge in [-0.1, -0.05) is 17.7 Å². The summed E-state index contributed by atoms with van der Waals surface area (Å²) < 4.78 is 19.5. The van der Waals surface area contributed by atoms with E-state index < -0.39 is 5.82 Å². The fraction of sp³-hybridized carbons (Fsp3) is 0.0833. The van der Waals surface area contributed by atoms with Crippen molar-refractivity contribution in [2.24, 2.45) is 0 Å². The molecule has 0 saturated heterocycles. The number of hydrogen-bond acceptors (Lipinski definition) is 2. The summed E-state index contributed by atoms with van der Waals surface area (Å²) in [5.41, 5.74) is 0.715. The van der Waals surface area contributed by atoms with Crippen LogP contribution in [0.25, 0.3) is 0 Å². The molecule has 17 heavy (non-hydrogen) atoms. The highest BCUT2D eigenvalue weighted by atomic mass is 79.9. The molecule has 1 heterocycles. The SMILES string of the molecule is Fc1cc(COc2cncc(Br)c2)ccc1Cl. The minimum absolute atomic E-state index is 0.109. The molecule has 0 aliphatic rings. The molecule has 1 aromatic carbocycles. The lowest BCUT2D eigenvalue weighted by molar-refractivity contribution is 0.304. The molecule has 0 unspecified atom stereocenters.